The third-order valence-electron chi connectivity index (χ3n) is 5.30. The van der Waals surface area contributed by atoms with Crippen LogP contribution in [0.25, 0.3) is 0 Å². The first-order valence-electron chi connectivity index (χ1n) is 9.94. The van der Waals surface area contributed by atoms with Crippen LogP contribution in [-0.4, -0.2) is 51.0 Å². The van der Waals surface area contributed by atoms with Gasteiger partial charge in [-0.05, 0) is 55.9 Å². The van der Waals surface area contributed by atoms with Crippen LogP contribution in [0.15, 0.2) is 48.5 Å². The summed E-state index contributed by atoms with van der Waals surface area (Å²) in [6.07, 6.45) is 1.84. The predicted molar refractivity (Wildman–Crippen MR) is 114 cm³/mol. The number of ether oxygens (including phenoxy) is 1. The van der Waals surface area contributed by atoms with Gasteiger partial charge in [0.2, 0.25) is 11.8 Å². The van der Waals surface area contributed by atoms with Gasteiger partial charge in [0.25, 0.3) is 0 Å². The van der Waals surface area contributed by atoms with Gasteiger partial charge in [-0.15, -0.1) is 0 Å². The molecule has 1 fully saturated rings. The zero-order valence-electron chi connectivity index (χ0n) is 17.4. The molecule has 0 spiro atoms. The van der Waals surface area contributed by atoms with Gasteiger partial charge >= 0.3 is 0 Å². The van der Waals surface area contributed by atoms with E-state index in [0.717, 1.165) is 35.5 Å². The molecule has 1 N–H and O–H groups in total. The summed E-state index contributed by atoms with van der Waals surface area (Å²) in [6, 6.07) is 15.7. The van der Waals surface area contributed by atoms with Gasteiger partial charge < -0.3 is 19.9 Å². The first-order valence-corrected chi connectivity index (χ1v) is 9.94. The van der Waals surface area contributed by atoms with E-state index in [1.165, 1.54) is 0 Å². The largest absolute Gasteiger partial charge is 0.497 e. The van der Waals surface area contributed by atoms with Crippen molar-refractivity contribution < 1.29 is 14.3 Å². The molecule has 6 nitrogen and oxygen atoms in total. The SMILES string of the molecule is COc1ccc([C@@H](CNC(=O)Cc2ccc(N3CCCC3=O)cc2)N(C)C)cc1. The fraction of sp³-hybridized carbons (Fsp3) is 0.391. The van der Waals surface area contributed by atoms with E-state index in [1.807, 2.05) is 62.6 Å². The number of methoxy groups -OCH3 is 1. The quantitative estimate of drug-likeness (QED) is 0.747. The van der Waals surface area contributed by atoms with E-state index in [9.17, 15) is 9.59 Å². The lowest BCUT2D eigenvalue weighted by Gasteiger charge is -2.25. The Morgan fingerprint density at radius 2 is 1.83 bits per heavy atom. The van der Waals surface area contributed by atoms with Crippen molar-refractivity contribution in [3.63, 3.8) is 0 Å². The maximum Gasteiger partial charge on any atom is 0.227 e. The van der Waals surface area contributed by atoms with Gasteiger partial charge in [-0.25, -0.2) is 0 Å². The summed E-state index contributed by atoms with van der Waals surface area (Å²) in [7, 11) is 5.65. The minimum absolute atomic E-state index is 0.0182. The van der Waals surface area contributed by atoms with E-state index in [2.05, 4.69) is 10.2 Å². The molecule has 0 unspecified atom stereocenters. The third kappa shape index (κ3) is 5.35. The maximum atomic E-state index is 12.5. The van der Waals surface area contributed by atoms with E-state index in [4.69, 9.17) is 4.74 Å². The highest BCUT2D eigenvalue weighted by Gasteiger charge is 2.21. The normalized spacial score (nSPS) is 14.9. The molecule has 1 aliphatic rings. The standard InChI is InChI=1S/C23H29N3O3/c1-25(2)21(18-8-12-20(29-3)13-9-18)16-24-22(27)15-17-6-10-19(11-7-17)26-14-4-5-23(26)28/h6-13,21H,4-5,14-16H2,1-3H3,(H,24,27)/t21-/m1/s1. The molecule has 1 heterocycles. The first-order chi connectivity index (χ1) is 14.0. The summed E-state index contributed by atoms with van der Waals surface area (Å²) in [5.41, 5.74) is 2.96. The van der Waals surface area contributed by atoms with Crippen molar-refractivity contribution in [1.82, 2.24) is 10.2 Å². The Bertz CT molecular complexity index is 831. The van der Waals surface area contributed by atoms with Crippen molar-refractivity contribution in [3.05, 3.63) is 59.7 Å². The summed E-state index contributed by atoms with van der Waals surface area (Å²) in [5, 5.41) is 3.04. The van der Waals surface area contributed by atoms with E-state index >= 15 is 0 Å². The van der Waals surface area contributed by atoms with Gasteiger partial charge in [0.15, 0.2) is 0 Å². The molecule has 2 aromatic carbocycles. The highest BCUT2D eigenvalue weighted by Crippen LogP contribution is 2.22. The number of likely N-dealkylation sites (N-methyl/N-ethyl adjacent to an activating group) is 1. The number of hydrogen-bond donors (Lipinski definition) is 1. The lowest BCUT2D eigenvalue weighted by molar-refractivity contribution is -0.120. The van der Waals surface area contributed by atoms with Crippen LogP contribution >= 0.6 is 0 Å². The Balaban J connectivity index is 1.55. The molecule has 1 saturated heterocycles. The average Bonchev–Trinajstić information content (AvgIpc) is 3.15. The number of carbonyl (C=O) groups is 2. The second kappa shape index (κ2) is 9.56. The van der Waals surface area contributed by atoms with Gasteiger partial charge in [-0.3, -0.25) is 9.59 Å². The van der Waals surface area contributed by atoms with E-state index < -0.39 is 0 Å². The van der Waals surface area contributed by atoms with E-state index in [1.54, 1.807) is 12.0 Å². The Morgan fingerprint density at radius 1 is 1.14 bits per heavy atom. The van der Waals surface area contributed by atoms with Crippen LogP contribution < -0.4 is 15.0 Å². The van der Waals surface area contributed by atoms with Crippen LogP contribution in [0.4, 0.5) is 5.69 Å². The minimum Gasteiger partial charge on any atom is -0.497 e. The lowest BCUT2D eigenvalue weighted by Crippen LogP contribution is -2.35. The predicted octanol–water partition coefficient (Wildman–Crippen LogP) is 2.78. The second-order valence-corrected chi connectivity index (χ2v) is 7.55. The number of nitrogens with zero attached hydrogens (tertiary/aromatic N) is 2. The van der Waals surface area contributed by atoms with E-state index in [-0.39, 0.29) is 17.9 Å². The number of amides is 2. The van der Waals surface area contributed by atoms with Crippen LogP contribution in [0.5, 0.6) is 5.75 Å². The number of benzene rings is 2. The van der Waals surface area contributed by atoms with Gasteiger partial charge in [0.1, 0.15) is 5.75 Å². The summed E-state index contributed by atoms with van der Waals surface area (Å²) < 4.78 is 5.22. The molecule has 2 amide bonds. The molecule has 2 aromatic rings. The lowest BCUT2D eigenvalue weighted by atomic mass is 10.1. The van der Waals surface area contributed by atoms with Crippen LogP contribution in [0.3, 0.4) is 0 Å². The topological polar surface area (TPSA) is 61.9 Å². The molecule has 1 aliphatic heterocycles. The molecule has 29 heavy (non-hydrogen) atoms. The summed E-state index contributed by atoms with van der Waals surface area (Å²) in [5.74, 6) is 0.966. The van der Waals surface area contributed by atoms with Gasteiger partial charge in [-0.2, -0.15) is 0 Å². The molecule has 0 saturated carbocycles. The molecular formula is C23H29N3O3. The first kappa shape index (κ1) is 20.9. The molecule has 0 bridgehead atoms. The Labute approximate surface area is 172 Å². The van der Waals surface area contributed by atoms with Crippen molar-refractivity contribution in [3.8, 4) is 5.75 Å². The van der Waals surface area contributed by atoms with Crippen LogP contribution in [0.2, 0.25) is 0 Å². The summed E-state index contributed by atoms with van der Waals surface area (Å²) in [4.78, 5) is 28.2. The number of rotatable bonds is 8. The summed E-state index contributed by atoms with van der Waals surface area (Å²) in [6.45, 7) is 1.30. The van der Waals surface area contributed by atoms with Crippen molar-refractivity contribution in [1.29, 1.82) is 0 Å². The molecule has 0 aliphatic carbocycles. The monoisotopic (exact) mass is 395 g/mol. The van der Waals surface area contributed by atoms with Crippen molar-refractivity contribution >= 4 is 17.5 Å². The smallest absolute Gasteiger partial charge is 0.227 e. The second-order valence-electron chi connectivity index (χ2n) is 7.55. The number of anilines is 1. The minimum atomic E-state index is -0.0182. The Morgan fingerprint density at radius 3 is 2.38 bits per heavy atom. The van der Waals surface area contributed by atoms with Gasteiger partial charge in [0, 0.05) is 25.2 Å². The third-order valence-corrected chi connectivity index (χ3v) is 5.30. The van der Waals surface area contributed by atoms with Crippen molar-refractivity contribution in [2.45, 2.75) is 25.3 Å². The van der Waals surface area contributed by atoms with Crippen LogP contribution in [0, 0.1) is 0 Å². The molecular weight excluding hydrogens is 366 g/mol. The molecule has 1 atom stereocenters. The molecule has 0 radical (unpaired) electrons. The highest BCUT2D eigenvalue weighted by atomic mass is 16.5. The van der Waals surface area contributed by atoms with Crippen molar-refractivity contribution in [2.75, 3.05) is 39.2 Å². The fourth-order valence-electron chi connectivity index (χ4n) is 3.60. The van der Waals surface area contributed by atoms with Crippen molar-refractivity contribution in [2.24, 2.45) is 0 Å². The summed E-state index contributed by atoms with van der Waals surface area (Å²) >= 11 is 0. The van der Waals surface area contributed by atoms with Gasteiger partial charge in [0.05, 0.1) is 19.6 Å². The van der Waals surface area contributed by atoms with E-state index in [0.29, 0.717) is 19.4 Å². The zero-order valence-corrected chi connectivity index (χ0v) is 17.4. The Kier molecular flexibility index (Phi) is 6.88. The molecule has 154 valence electrons. The van der Waals surface area contributed by atoms with Gasteiger partial charge in [-0.1, -0.05) is 24.3 Å². The average molecular weight is 396 g/mol. The molecule has 0 aromatic heterocycles. The number of carbonyl (C=O) groups excluding carboxylic acids is 2. The van der Waals surface area contributed by atoms with Crippen LogP contribution in [0.1, 0.15) is 30.0 Å². The molecule has 6 heteroatoms. The highest BCUT2D eigenvalue weighted by molar-refractivity contribution is 5.95. The fourth-order valence-corrected chi connectivity index (χ4v) is 3.60. The zero-order chi connectivity index (χ0) is 20.8. The maximum absolute atomic E-state index is 12.5. The molecule has 3 rings (SSSR count). The van der Waals surface area contributed by atoms with Crippen LogP contribution in [-0.2, 0) is 16.0 Å². The number of hydrogen-bond acceptors (Lipinski definition) is 4. The Hall–Kier alpha value is -2.86. The number of nitrogens with one attached hydrogen (secondary N) is 1.